The summed E-state index contributed by atoms with van der Waals surface area (Å²) in [4.78, 5) is 10.9. The number of carbonyl (C=O) groups is 1. The SMILES string of the molecule is Cc1ccc(F)c(O)c1-c1ccc(-c2cc3c(CCC(=O)O)n[nH]c3cc2Cl)cc1. The highest BCUT2D eigenvalue weighted by atomic mass is 35.5. The van der Waals surface area contributed by atoms with Crippen LogP contribution in [-0.2, 0) is 11.2 Å². The molecule has 0 unspecified atom stereocenters. The number of H-pyrrole nitrogens is 1. The van der Waals surface area contributed by atoms with Gasteiger partial charge in [-0.2, -0.15) is 5.10 Å². The van der Waals surface area contributed by atoms with Gasteiger partial charge in [0.2, 0.25) is 0 Å². The van der Waals surface area contributed by atoms with Gasteiger partial charge in [0.15, 0.2) is 11.6 Å². The van der Waals surface area contributed by atoms with Crippen LogP contribution in [0.1, 0.15) is 17.7 Å². The number of rotatable bonds is 5. The van der Waals surface area contributed by atoms with E-state index in [0.29, 0.717) is 28.3 Å². The molecule has 0 saturated heterocycles. The third-order valence-electron chi connectivity index (χ3n) is 5.13. The van der Waals surface area contributed by atoms with Crippen LogP contribution in [0.15, 0.2) is 48.5 Å². The van der Waals surface area contributed by atoms with Crippen LogP contribution in [0.4, 0.5) is 4.39 Å². The van der Waals surface area contributed by atoms with E-state index in [-0.39, 0.29) is 12.2 Å². The second-order valence-corrected chi connectivity index (χ2v) is 7.51. The van der Waals surface area contributed by atoms with Crippen molar-refractivity contribution in [1.82, 2.24) is 10.2 Å². The van der Waals surface area contributed by atoms with E-state index >= 15 is 0 Å². The minimum absolute atomic E-state index is 0.0108. The average molecular weight is 425 g/mol. The number of nitrogens with zero attached hydrogens (tertiary/aromatic N) is 1. The summed E-state index contributed by atoms with van der Waals surface area (Å²) in [6.45, 7) is 1.81. The quantitative estimate of drug-likeness (QED) is 0.382. The number of aromatic hydroxyl groups is 1. The number of phenolic OH excluding ortho intramolecular Hbond substituents is 1. The number of halogens is 2. The topological polar surface area (TPSA) is 86.2 Å². The summed E-state index contributed by atoms with van der Waals surface area (Å²) in [6, 6.07) is 13.8. The van der Waals surface area contributed by atoms with Gasteiger partial charge in [0.25, 0.3) is 0 Å². The van der Waals surface area contributed by atoms with Gasteiger partial charge in [-0.3, -0.25) is 9.89 Å². The molecular formula is C23H18ClFN2O3. The van der Waals surface area contributed by atoms with Crippen molar-refractivity contribution in [1.29, 1.82) is 0 Å². The van der Waals surface area contributed by atoms with E-state index in [9.17, 15) is 14.3 Å². The number of carboxylic acid groups (broad SMARTS) is 1. The second kappa shape index (κ2) is 7.80. The number of phenols is 1. The molecule has 1 heterocycles. The van der Waals surface area contributed by atoms with Crippen molar-refractivity contribution in [3.63, 3.8) is 0 Å². The van der Waals surface area contributed by atoms with Gasteiger partial charge in [-0.1, -0.05) is 41.9 Å². The lowest BCUT2D eigenvalue weighted by Crippen LogP contribution is -1.98. The first-order valence-electron chi connectivity index (χ1n) is 9.32. The summed E-state index contributed by atoms with van der Waals surface area (Å²) in [7, 11) is 0. The Morgan fingerprint density at radius 3 is 2.53 bits per heavy atom. The molecule has 0 radical (unpaired) electrons. The molecule has 0 atom stereocenters. The third-order valence-corrected chi connectivity index (χ3v) is 5.44. The van der Waals surface area contributed by atoms with Crippen LogP contribution in [0.3, 0.4) is 0 Å². The summed E-state index contributed by atoms with van der Waals surface area (Å²) in [5, 5.41) is 27.5. The molecule has 3 aromatic carbocycles. The Balaban J connectivity index is 1.74. The highest BCUT2D eigenvalue weighted by molar-refractivity contribution is 6.34. The Hall–Kier alpha value is -3.38. The first-order chi connectivity index (χ1) is 14.3. The fourth-order valence-corrected chi connectivity index (χ4v) is 3.85. The van der Waals surface area contributed by atoms with Gasteiger partial charge in [0.1, 0.15) is 0 Å². The summed E-state index contributed by atoms with van der Waals surface area (Å²) >= 11 is 6.47. The maximum atomic E-state index is 13.8. The molecule has 3 N–H and O–H groups in total. The first kappa shape index (κ1) is 19.9. The fraction of sp³-hybridized carbons (Fsp3) is 0.130. The number of aryl methyl sites for hydroxylation is 2. The van der Waals surface area contributed by atoms with E-state index in [4.69, 9.17) is 16.7 Å². The van der Waals surface area contributed by atoms with E-state index in [1.807, 2.05) is 25.1 Å². The monoisotopic (exact) mass is 424 g/mol. The van der Waals surface area contributed by atoms with Crippen molar-refractivity contribution >= 4 is 28.5 Å². The zero-order valence-corrected chi connectivity index (χ0v) is 16.8. The first-order valence-corrected chi connectivity index (χ1v) is 9.70. The molecule has 30 heavy (non-hydrogen) atoms. The molecule has 7 heteroatoms. The van der Waals surface area contributed by atoms with Crippen LogP contribution in [-0.4, -0.2) is 26.4 Å². The average Bonchev–Trinajstić information content (AvgIpc) is 3.11. The van der Waals surface area contributed by atoms with Gasteiger partial charge in [-0.15, -0.1) is 0 Å². The van der Waals surface area contributed by atoms with Crippen LogP contribution < -0.4 is 0 Å². The number of aliphatic carboxylic acids is 1. The van der Waals surface area contributed by atoms with Gasteiger partial charge < -0.3 is 10.2 Å². The van der Waals surface area contributed by atoms with Gasteiger partial charge in [0, 0.05) is 22.9 Å². The smallest absolute Gasteiger partial charge is 0.303 e. The Bertz CT molecular complexity index is 1270. The minimum Gasteiger partial charge on any atom is -0.504 e. The number of benzene rings is 3. The fourth-order valence-electron chi connectivity index (χ4n) is 3.58. The molecule has 1 aromatic heterocycles. The minimum atomic E-state index is -0.883. The maximum absolute atomic E-state index is 13.8. The van der Waals surface area contributed by atoms with Gasteiger partial charge in [0.05, 0.1) is 22.7 Å². The Labute approximate surface area is 176 Å². The second-order valence-electron chi connectivity index (χ2n) is 7.11. The standard InChI is InChI=1S/C23H18ClFN2O3/c1-12-2-7-18(25)23(30)22(12)14-5-3-13(4-6-14)15-10-16-19(8-9-21(28)29)26-27-20(16)11-17(15)24/h2-7,10-11,30H,8-9H2,1H3,(H,26,27)(H,28,29). The molecule has 0 aliphatic carbocycles. The molecular weight excluding hydrogens is 407 g/mol. The van der Waals surface area contributed by atoms with E-state index in [1.54, 1.807) is 24.3 Å². The van der Waals surface area contributed by atoms with E-state index in [2.05, 4.69) is 10.2 Å². The number of aromatic nitrogens is 2. The lowest BCUT2D eigenvalue weighted by atomic mass is 9.96. The zero-order valence-electron chi connectivity index (χ0n) is 16.0. The molecule has 4 rings (SSSR count). The lowest BCUT2D eigenvalue weighted by Gasteiger charge is -2.11. The Morgan fingerprint density at radius 2 is 1.83 bits per heavy atom. The summed E-state index contributed by atoms with van der Waals surface area (Å²) in [6.07, 6.45) is 0.302. The van der Waals surface area contributed by atoms with Crippen molar-refractivity contribution in [2.75, 3.05) is 0 Å². The van der Waals surface area contributed by atoms with Crippen LogP contribution in [0.2, 0.25) is 5.02 Å². The van der Waals surface area contributed by atoms with Crippen LogP contribution >= 0.6 is 11.6 Å². The molecule has 0 aliphatic heterocycles. The van der Waals surface area contributed by atoms with Crippen LogP contribution in [0.5, 0.6) is 5.75 Å². The van der Waals surface area contributed by atoms with Crippen LogP contribution in [0, 0.1) is 12.7 Å². The number of nitrogens with one attached hydrogen (secondary N) is 1. The maximum Gasteiger partial charge on any atom is 0.303 e. The van der Waals surface area contributed by atoms with Gasteiger partial charge in [-0.25, -0.2) is 4.39 Å². The molecule has 0 amide bonds. The predicted molar refractivity (Wildman–Crippen MR) is 114 cm³/mol. The summed E-state index contributed by atoms with van der Waals surface area (Å²) in [5.74, 6) is -1.92. The predicted octanol–water partition coefficient (Wildman–Crippen LogP) is 5.72. The molecule has 0 bridgehead atoms. The molecule has 0 aliphatic rings. The van der Waals surface area contributed by atoms with E-state index in [1.165, 1.54) is 6.07 Å². The largest absolute Gasteiger partial charge is 0.504 e. The lowest BCUT2D eigenvalue weighted by molar-refractivity contribution is -0.136. The number of hydrogen-bond donors (Lipinski definition) is 3. The Morgan fingerprint density at radius 1 is 1.13 bits per heavy atom. The summed E-state index contributed by atoms with van der Waals surface area (Å²) in [5.41, 5.74) is 4.93. The van der Waals surface area contributed by atoms with Crippen molar-refractivity contribution in [3.05, 3.63) is 70.6 Å². The highest BCUT2D eigenvalue weighted by Crippen LogP contribution is 2.37. The van der Waals surface area contributed by atoms with E-state index < -0.39 is 11.8 Å². The number of fused-ring (bicyclic) bond motifs is 1. The molecule has 0 fully saturated rings. The molecule has 0 spiro atoms. The van der Waals surface area contributed by atoms with Crippen molar-refractivity contribution in [2.45, 2.75) is 19.8 Å². The van der Waals surface area contributed by atoms with E-state index in [0.717, 1.165) is 27.6 Å². The summed E-state index contributed by atoms with van der Waals surface area (Å²) < 4.78 is 13.8. The molecule has 0 saturated carbocycles. The normalized spacial score (nSPS) is 11.2. The van der Waals surface area contributed by atoms with Gasteiger partial charge in [-0.05, 0) is 41.8 Å². The van der Waals surface area contributed by atoms with Crippen molar-refractivity contribution in [2.24, 2.45) is 0 Å². The van der Waals surface area contributed by atoms with Crippen molar-refractivity contribution < 1.29 is 19.4 Å². The highest BCUT2D eigenvalue weighted by Gasteiger charge is 2.15. The third kappa shape index (κ3) is 3.62. The number of carboxylic acids is 1. The van der Waals surface area contributed by atoms with Crippen molar-refractivity contribution in [3.8, 4) is 28.0 Å². The van der Waals surface area contributed by atoms with Gasteiger partial charge >= 0.3 is 5.97 Å². The number of hydrogen-bond acceptors (Lipinski definition) is 3. The van der Waals surface area contributed by atoms with Crippen LogP contribution in [0.25, 0.3) is 33.2 Å². The zero-order chi connectivity index (χ0) is 21.4. The molecule has 152 valence electrons. The Kier molecular flexibility index (Phi) is 5.18. The molecule has 4 aromatic rings. The number of aromatic amines is 1. The molecule has 5 nitrogen and oxygen atoms in total.